The summed E-state index contributed by atoms with van der Waals surface area (Å²) < 4.78 is 6.59. The van der Waals surface area contributed by atoms with Crippen LogP contribution in [0, 0.1) is 0 Å². The van der Waals surface area contributed by atoms with Crippen LogP contribution in [0.2, 0.25) is 25.2 Å². The minimum absolute atomic E-state index is 0.873. The maximum absolute atomic E-state index is 6.59. The van der Waals surface area contributed by atoms with E-state index in [1.807, 2.05) is 0 Å². The Kier molecular flexibility index (Phi) is 5.27. The molecule has 1 aliphatic rings. The predicted octanol–water partition coefficient (Wildman–Crippen LogP) is 4.63. The van der Waals surface area contributed by atoms with E-state index in [1.54, 1.807) is 5.19 Å². The molecular formula is C17H30OSi2. The lowest BCUT2D eigenvalue weighted by atomic mass is 10.0. The van der Waals surface area contributed by atoms with Crippen molar-refractivity contribution in [2.75, 3.05) is 6.61 Å². The normalized spacial score (nSPS) is 20.6. The van der Waals surface area contributed by atoms with Crippen LogP contribution in [0.4, 0.5) is 0 Å². The molecular weight excluding hydrogens is 276 g/mol. The van der Waals surface area contributed by atoms with Gasteiger partial charge in [0.05, 0.1) is 0 Å². The van der Waals surface area contributed by atoms with E-state index in [0.29, 0.717) is 0 Å². The summed E-state index contributed by atoms with van der Waals surface area (Å²) in [6.07, 6.45) is 7.08. The summed E-state index contributed by atoms with van der Waals surface area (Å²) in [7, 11) is -3.20. The van der Waals surface area contributed by atoms with Crippen LogP contribution in [0.25, 0.3) is 0 Å². The summed E-state index contributed by atoms with van der Waals surface area (Å²) in [5.74, 6) is 0. The molecule has 20 heavy (non-hydrogen) atoms. The Morgan fingerprint density at radius 3 is 2.15 bits per heavy atom. The van der Waals surface area contributed by atoms with Crippen molar-refractivity contribution in [2.24, 2.45) is 0 Å². The first-order chi connectivity index (χ1) is 9.52. The van der Waals surface area contributed by atoms with E-state index in [4.69, 9.17) is 4.43 Å². The highest BCUT2D eigenvalue weighted by molar-refractivity contribution is 7.44. The quantitative estimate of drug-likeness (QED) is 0.721. The SMILES string of the molecule is CCO[Si](C)(C1CCCCC1)[Si](C)(C)c1ccccc1. The maximum Gasteiger partial charge on any atom is 0.184 e. The van der Waals surface area contributed by atoms with Gasteiger partial charge in [-0.1, -0.05) is 80.7 Å². The molecule has 2 rings (SSSR count). The van der Waals surface area contributed by atoms with Crippen molar-refractivity contribution in [3.8, 4) is 0 Å². The lowest BCUT2D eigenvalue weighted by Crippen LogP contribution is -2.68. The van der Waals surface area contributed by atoms with E-state index in [0.717, 1.165) is 12.1 Å². The highest BCUT2D eigenvalue weighted by atomic mass is 29.3. The van der Waals surface area contributed by atoms with Crippen molar-refractivity contribution < 1.29 is 4.43 Å². The van der Waals surface area contributed by atoms with Gasteiger partial charge in [0.2, 0.25) is 0 Å². The number of rotatable bonds is 5. The molecule has 1 saturated carbocycles. The second-order valence-electron chi connectivity index (χ2n) is 6.87. The van der Waals surface area contributed by atoms with Gasteiger partial charge in [-0.05, 0) is 19.0 Å². The predicted molar refractivity (Wildman–Crippen MR) is 93.6 cm³/mol. The molecule has 1 unspecified atom stereocenters. The zero-order valence-corrected chi connectivity index (χ0v) is 15.6. The summed E-state index contributed by atoms with van der Waals surface area (Å²) >= 11 is 0. The van der Waals surface area contributed by atoms with Crippen LogP contribution in [0.3, 0.4) is 0 Å². The van der Waals surface area contributed by atoms with Crippen molar-refractivity contribution in [3.63, 3.8) is 0 Å². The minimum atomic E-state index is -1.68. The van der Waals surface area contributed by atoms with Gasteiger partial charge >= 0.3 is 0 Å². The Morgan fingerprint density at radius 2 is 1.60 bits per heavy atom. The third-order valence-corrected chi connectivity index (χ3v) is 22.8. The van der Waals surface area contributed by atoms with Gasteiger partial charge in [-0.25, -0.2) is 0 Å². The van der Waals surface area contributed by atoms with Gasteiger partial charge in [-0.15, -0.1) is 0 Å². The largest absolute Gasteiger partial charge is 0.419 e. The first-order valence-corrected chi connectivity index (χ1v) is 14.7. The van der Waals surface area contributed by atoms with Crippen LogP contribution in [-0.2, 0) is 4.43 Å². The zero-order valence-electron chi connectivity index (χ0n) is 13.6. The minimum Gasteiger partial charge on any atom is -0.419 e. The second kappa shape index (κ2) is 6.58. The molecule has 3 heteroatoms. The van der Waals surface area contributed by atoms with Crippen molar-refractivity contribution in [2.45, 2.75) is 64.2 Å². The maximum atomic E-state index is 6.59. The fourth-order valence-electron chi connectivity index (χ4n) is 3.90. The van der Waals surface area contributed by atoms with Gasteiger partial charge < -0.3 is 4.43 Å². The van der Waals surface area contributed by atoms with Gasteiger partial charge in [-0.3, -0.25) is 0 Å². The molecule has 112 valence electrons. The lowest BCUT2D eigenvalue weighted by molar-refractivity contribution is 0.314. The summed E-state index contributed by atoms with van der Waals surface area (Å²) in [4.78, 5) is 0. The first kappa shape index (κ1) is 16.0. The molecule has 0 aliphatic heterocycles. The summed E-state index contributed by atoms with van der Waals surface area (Å²) in [6, 6.07) is 11.2. The molecule has 0 amide bonds. The van der Waals surface area contributed by atoms with Gasteiger partial charge in [-0.2, -0.15) is 0 Å². The molecule has 0 heterocycles. The van der Waals surface area contributed by atoms with Crippen LogP contribution in [0.1, 0.15) is 39.0 Å². The first-order valence-electron chi connectivity index (χ1n) is 8.22. The summed E-state index contributed by atoms with van der Waals surface area (Å²) in [6.45, 7) is 10.7. The highest BCUT2D eigenvalue weighted by Crippen LogP contribution is 2.41. The Labute approximate surface area is 126 Å². The van der Waals surface area contributed by atoms with Crippen LogP contribution in [-0.4, -0.2) is 22.0 Å². The van der Waals surface area contributed by atoms with Gasteiger partial charge in [0.15, 0.2) is 7.83 Å². The van der Waals surface area contributed by atoms with E-state index in [2.05, 4.69) is 56.9 Å². The Hall–Kier alpha value is -0.386. The molecule has 0 N–H and O–H groups in total. The summed E-state index contributed by atoms with van der Waals surface area (Å²) in [5.41, 5.74) is 0.873. The molecule has 1 fully saturated rings. The van der Waals surface area contributed by atoms with Crippen molar-refractivity contribution in [1.29, 1.82) is 0 Å². The van der Waals surface area contributed by atoms with Crippen molar-refractivity contribution in [1.82, 2.24) is 0 Å². The standard InChI is InChI=1S/C17H30OSi2/c1-5-18-20(4,17-14-10-7-11-15-17)19(2,3)16-12-8-6-9-13-16/h6,8-9,12-13,17H,5,7,10-11,14-15H2,1-4H3. The topological polar surface area (TPSA) is 9.23 Å². The Bertz CT molecular complexity index is 412. The van der Waals surface area contributed by atoms with Crippen LogP contribution in [0.15, 0.2) is 30.3 Å². The van der Waals surface area contributed by atoms with Crippen LogP contribution < -0.4 is 5.19 Å². The Balaban J connectivity index is 2.35. The molecule has 0 spiro atoms. The molecule has 1 aromatic rings. The number of hydrogen-bond donors (Lipinski definition) is 0. The molecule has 0 saturated heterocycles. The zero-order chi connectivity index (χ0) is 14.6. The van der Waals surface area contributed by atoms with Gasteiger partial charge in [0, 0.05) is 6.61 Å². The van der Waals surface area contributed by atoms with Gasteiger partial charge in [0.1, 0.15) is 7.59 Å². The lowest BCUT2D eigenvalue weighted by Gasteiger charge is -2.47. The van der Waals surface area contributed by atoms with E-state index >= 15 is 0 Å². The van der Waals surface area contributed by atoms with Crippen LogP contribution in [0.5, 0.6) is 0 Å². The van der Waals surface area contributed by atoms with Crippen molar-refractivity contribution >= 4 is 20.6 Å². The number of hydrogen-bond acceptors (Lipinski definition) is 1. The molecule has 0 radical (unpaired) electrons. The fraction of sp³-hybridized carbons (Fsp3) is 0.647. The number of benzene rings is 1. The van der Waals surface area contributed by atoms with Gasteiger partial charge in [0.25, 0.3) is 0 Å². The van der Waals surface area contributed by atoms with E-state index < -0.39 is 15.4 Å². The third kappa shape index (κ3) is 2.95. The van der Waals surface area contributed by atoms with E-state index in [9.17, 15) is 0 Å². The third-order valence-electron chi connectivity index (χ3n) is 5.56. The molecule has 1 aliphatic carbocycles. The smallest absolute Gasteiger partial charge is 0.184 e. The monoisotopic (exact) mass is 306 g/mol. The second-order valence-corrected chi connectivity index (χ2v) is 20.7. The molecule has 1 aromatic carbocycles. The fourth-order valence-corrected chi connectivity index (χ4v) is 16.9. The average Bonchev–Trinajstić information content (AvgIpc) is 2.49. The van der Waals surface area contributed by atoms with E-state index in [-0.39, 0.29) is 0 Å². The van der Waals surface area contributed by atoms with E-state index in [1.165, 1.54) is 32.1 Å². The molecule has 1 atom stereocenters. The summed E-state index contributed by atoms with van der Waals surface area (Å²) in [5, 5.41) is 1.59. The molecule has 0 bridgehead atoms. The molecule has 1 nitrogen and oxygen atoms in total. The molecule has 0 aromatic heterocycles. The van der Waals surface area contributed by atoms with Crippen LogP contribution >= 0.6 is 0 Å². The average molecular weight is 307 g/mol. The Morgan fingerprint density at radius 1 is 1.00 bits per heavy atom. The highest BCUT2D eigenvalue weighted by Gasteiger charge is 2.52. The van der Waals surface area contributed by atoms with Crippen molar-refractivity contribution in [3.05, 3.63) is 30.3 Å².